The van der Waals surface area contributed by atoms with Crippen LogP contribution in [0.15, 0.2) is 18.2 Å². The van der Waals surface area contributed by atoms with Gasteiger partial charge in [-0.15, -0.1) is 0 Å². The first-order valence-electron chi connectivity index (χ1n) is 7.33. The van der Waals surface area contributed by atoms with Crippen LogP contribution in [0.4, 0.5) is 5.69 Å². The molecule has 0 bridgehead atoms. The van der Waals surface area contributed by atoms with E-state index < -0.39 is 0 Å². The van der Waals surface area contributed by atoms with Crippen molar-refractivity contribution in [2.45, 2.75) is 39.0 Å². The number of carbonyl (C=O) groups is 2. The SMILES string of the molecule is CCC1(CNC(=O)c2ccc3c(c2)CC(=O)N3)CCC1. The molecule has 4 nitrogen and oxygen atoms in total. The minimum atomic E-state index is -0.0353. The van der Waals surface area contributed by atoms with E-state index in [0.717, 1.165) is 24.2 Å². The number of hydrogen-bond acceptors (Lipinski definition) is 2. The maximum Gasteiger partial charge on any atom is 0.251 e. The number of benzene rings is 1. The summed E-state index contributed by atoms with van der Waals surface area (Å²) in [6, 6.07) is 5.41. The first kappa shape index (κ1) is 13.2. The summed E-state index contributed by atoms with van der Waals surface area (Å²) in [7, 11) is 0. The van der Waals surface area contributed by atoms with Gasteiger partial charge in [0.1, 0.15) is 0 Å². The number of anilines is 1. The third kappa shape index (κ3) is 2.30. The summed E-state index contributed by atoms with van der Waals surface area (Å²) >= 11 is 0. The average molecular weight is 272 g/mol. The van der Waals surface area contributed by atoms with Gasteiger partial charge in [-0.1, -0.05) is 13.3 Å². The molecule has 1 aromatic carbocycles. The molecule has 20 heavy (non-hydrogen) atoms. The van der Waals surface area contributed by atoms with E-state index in [1.165, 1.54) is 19.3 Å². The van der Waals surface area contributed by atoms with Gasteiger partial charge in [-0.05, 0) is 48.4 Å². The number of fused-ring (bicyclic) bond motifs is 1. The van der Waals surface area contributed by atoms with Crippen molar-refractivity contribution < 1.29 is 9.59 Å². The molecule has 1 aliphatic heterocycles. The third-order valence-corrected chi connectivity index (χ3v) is 4.78. The molecule has 1 aromatic rings. The molecule has 2 N–H and O–H groups in total. The molecule has 0 atom stereocenters. The van der Waals surface area contributed by atoms with Crippen molar-refractivity contribution in [2.75, 3.05) is 11.9 Å². The second-order valence-electron chi connectivity index (χ2n) is 5.99. The Morgan fingerprint density at radius 2 is 2.20 bits per heavy atom. The molecule has 0 radical (unpaired) electrons. The molecular weight excluding hydrogens is 252 g/mol. The minimum Gasteiger partial charge on any atom is -0.351 e. The largest absolute Gasteiger partial charge is 0.351 e. The molecule has 0 aromatic heterocycles. The highest BCUT2D eigenvalue weighted by Crippen LogP contribution is 2.43. The maximum atomic E-state index is 12.2. The third-order valence-electron chi connectivity index (χ3n) is 4.78. The lowest BCUT2D eigenvalue weighted by Crippen LogP contribution is -2.41. The van der Waals surface area contributed by atoms with E-state index >= 15 is 0 Å². The van der Waals surface area contributed by atoms with Gasteiger partial charge in [-0.2, -0.15) is 0 Å². The summed E-state index contributed by atoms with van der Waals surface area (Å²) < 4.78 is 0. The van der Waals surface area contributed by atoms with E-state index in [-0.39, 0.29) is 11.8 Å². The van der Waals surface area contributed by atoms with Crippen LogP contribution in [0.25, 0.3) is 0 Å². The lowest BCUT2D eigenvalue weighted by atomic mass is 9.67. The number of hydrogen-bond donors (Lipinski definition) is 2. The molecule has 1 aliphatic carbocycles. The van der Waals surface area contributed by atoms with Gasteiger partial charge in [0, 0.05) is 17.8 Å². The van der Waals surface area contributed by atoms with Crippen molar-refractivity contribution in [3.8, 4) is 0 Å². The Hall–Kier alpha value is -1.84. The van der Waals surface area contributed by atoms with E-state index in [4.69, 9.17) is 0 Å². The van der Waals surface area contributed by atoms with Gasteiger partial charge in [0.05, 0.1) is 6.42 Å². The first-order chi connectivity index (χ1) is 9.62. The van der Waals surface area contributed by atoms with E-state index in [1.807, 2.05) is 12.1 Å². The lowest BCUT2D eigenvalue weighted by molar-refractivity contribution is -0.115. The van der Waals surface area contributed by atoms with Crippen LogP contribution < -0.4 is 10.6 Å². The summed E-state index contributed by atoms with van der Waals surface area (Å²) in [5.74, 6) is -0.0381. The molecule has 1 saturated carbocycles. The highest BCUT2D eigenvalue weighted by atomic mass is 16.2. The quantitative estimate of drug-likeness (QED) is 0.884. The van der Waals surface area contributed by atoms with Gasteiger partial charge in [0.25, 0.3) is 5.91 Å². The lowest BCUT2D eigenvalue weighted by Gasteiger charge is -2.41. The topological polar surface area (TPSA) is 58.2 Å². The van der Waals surface area contributed by atoms with Gasteiger partial charge in [0.15, 0.2) is 0 Å². The van der Waals surface area contributed by atoms with Crippen molar-refractivity contribution >= 4 is 17.5 Å². The number of rotatable bonds is 4. The summed E-state index contributed by atoms with van der Waals surface area (Å²) in [6.45, 7) is 2.95. The monoisotopic (exact) mass is 272 g/mol. The zero-order valence-electron chi connectivity index (χ0n) is 11.8. The van der Waals surface area contributed by atoms with Gasteiger partial charge in [0.2, 0.25) is 5.91 Å². The fourth-order valence-electron chi connectivity index (χ4n) is 3.07. The highest BCUT2D eigenvalue weighted by molar-refractivity contribution is 6.01. The number of amides is 2. The second kappa shape index (κ2) is 4.93. The van der Waals surface area contributed by atoms with Crippen LogP contribution in [0.2, 0.25) is 0 Å². The van der Waals surface area contributed by atoms with Crippen molar-refractivity contribution in [1.82, 2.24) is 5.32 Å². The van der Waals surface area contributed by atoms with E-state index in [0.29, 0.717) is 17.4 Å². The molecule has 2 amide bonds. The van der Waals surface area contributed by atoms with Crippen molar-refractivity contribution in [3.63, 3.8) is 0 Å². The number of nitrogens with one attached hydrogen (secondary N) is 2. The molecule has 0 saturated heterocycles. The van der Waals surface area contributed by atoms with Crippen LogP contribution >= 0.6 is 0 Å². The highest BCUT2D eigenvalue weighted by Gasteiger charge is 2.35. The Labute approximate surface area is 118 Å². The van der Waals surface area contributed by atoms with Gasteiger partial charge < -0.3 is 10.6 Å². The van der Waals surface area contributed by atoms with Crippen LogP contribution in [-0.2, 0) is 11.2 Å². The normalized spacial score (nSPS) is 18.9. The molecule has 1 fully saturated rings. The fraction of sp³-hybridized carbons (Fsp3) is 0.500. The van der Waals surface area contributed by atoms with Crippen molar-refractivity contribution in [2.24, 2.45) is 5.41 Å². The second-order valence-corrected chi connectivity index (χ2v) is 5.99. The Balaban J connectivity index is 1.66. The Morgan fingerprint density at radius 1 is 1.40 bits per heavy atom. The fourth-order valence-corrected chi connectivity index (χ4v) is 3.07. The molecule has 0 spiro atoms. The predicted octanol–water partition coefficient (Wildman–Crippen LogP) is 2.49. The summed E-state index contributed by atoms with van der Waals surface area (Å²) in [5.41, 5.74) is 2.71. The summed E-state index contributed by atoms with van der Waals surface area (Å²) in [6.07, 6.45) is 5.19. The summed E-state index contributed by atoms with van der Waals surface area (Å²) in [5, 5.41) is 5.83. The first-order valence-corrected chi connectivity index (χ1v) is 7.33. The minimum absolute atomic E-state index is 0.00281. The smallest absolute Gasteiger partial charge is 0.251 e. The van der Waals surface area contributed by atoms with Crippen LogP contribution in [0.1, 0.15) is 48.5 Å². The van der Waals surface area contributed by atoms with Crippen LogP contribution in [0, 0.1) is 5.41 Å². The standard InChI is InChI=1S/C16H20N2O2/c1-2-16(6-3-7-16)10-17-15(20)11-4-5-13-12(8-11)9-14(19)18-13/h4-5,8H,2-3,6-7,9-10H2,1H3,(H,17,20)(H,18,19). The zero-order chi connectivity index (χ0) is 14.2. The molecule has 106 valence electrons. The zero-order valence-corrected chi connectivity index (χ0v) is 11.8. The Bertz CT molecular complexity index is 556. The van der Waals surface area contributed by atoms with Crippen LogP contribution in [-0.4, -0.2) is 18.4 Å². The van der Waals surface area contributed by atoms with Gasteiger partial charge >= 0.3 is 0 Å². The summed E-state index contributed by atoms with van der Waals surface area (Å²) in [4.78, 5) is 23.5. The molecule has 1 heterocycles. The van der Waals surface area contributed by atoms with Crippen LogP contribution in [0.3, 0.4) is 0 Å². The van der Waals surface area contributed by atoms with Gasteiger partial charge in [-0.25, -0.2) is 0 Å². The Kier molecular flexibility index (Phi) is 3.24. The van der Waals surface area contributed by atoms with Crippen molar-refractivity contribution in [3.05, 3.63) is 29.3 Å². The maximum absolute atomic E-state index is 12.2. The van der Waals surface area contributed by atoms with Gasteiger partial charge in [-0.3, -0.25) is 9.59 Å². The average Bonchev–Trinajstić information content (AvgIpc) is 2.76. The van der Waals surface area contributed by atoms with E-state index in [9.17, 15) is 9.59 Å². The predicted molar refractivity (Wildman–Crippen MR) is 77.7 cm³/mol. The Morgan fingerprint density at radius 3 is 2.85 bits per heavy atom. The molecule has 3 rings (SSSR count). The molecule has 2 aliphatic rings. The van der Waals surface area contributed by atoms with E-state index in [2.05, 4.69) is 17.6 Å². The molecule has 0 unspecified atom stereocenters. The molecular formula is C16H20N2O2. The number of carbonyl (C=O) groups excluding carboxylic acids is 2. The van der Waals surface area contributed by atoms with Crippen LogP contribution in [0.5, 0.6) is 0 Å². The van der Waals surface area contributed by atoms with E-state index in [1.54, 1.807) is 6.07 Å². The molecule has 4 heteroatoms. The van der Waals surface area contributed by atoms with Crippen molar-refractivity contribution in [1.29, 1.82) is 0 Å².